The molecular weight excluding hydrogens is 208 g/mol. The van der Waals surface area contributed by atoms with Crippen LogP contribution in [0, 0.1) is 0 Å². The highest BCUT2D eigenvalue weighted by Crippen LogP contribution is 2.10. The summed E-state index contributed by atoms with van der Waals surface area (Å²) in [5.41, 5.74) is 1.51. The van der Waals surface area contributed by atoms with E-state index in [0.29, 0.717) is 19.0 Å². The second-order valence-electron chi connectivity index (χ2n) is 3.89. The first kappa shape index (κ1) is 11.1. The van der Waals surface area contributed by atoms with E-state index in [1.54, 1.807) is 11.9 Å². The largest absolute Gasteiger partial charge is 0.395 e. The third-order valence-corrected chi connectivity index (χ3v) is 2.73. The summed E-state index contributed by atoms with van der Waals surface area (Å²) in [5, 5.41) is 12.0. The summed E-state index contributed by atoms with van der Waals surface area (Å²) in [6.07, 6.45) is 0.777. The number of aliphatic hydroxyl groups excluding tert-OH is 1. The predicted molar refractivity (Wildman–Crippen MR) is 60.6 cm³/mol. The van der Waals surface area contributed by atoms with Crippen LogP contribution < -0.4 is 15.8 Å². The highest BCUT2D eigenvalue weighted by molar-refractivity contribution is 5.33. The van der Waals surface area contributed by atoms with Gasteiger partial charge in [-0.25, -0.2) is 4.98 Å². The van der Waals surface area contributed by atoms with Crippen LogP contribution in [0.2, 0.25) is 0 Å². The molecule has 16 heavy (non-hydrogen) atoms. The molecule has 0 fully saturated rings. The van der Waals surface area contributed by atoms with Crippen LogP contribution in [0.3, 0.4) is 0 Å². The van der Waals surface area contributed by atoms with Crippen molar-refractivity contribution < 1.29 is 5.11 Å². The topological polar surface area (TPSA) is 81.2 Å². The van der Waals surface area contributed by atoms with Crippen LogP contribution in [-0.2, 0) is 13.0 Å². The van der Waals surface area contributed by atoms with E-state index in [9.17, 15) is 4.79 Å². The number of aliphatic hydroxyl groups is 1. The summed E-state index contributed by atoms with van der Waals surface area (Å²) in [4.78, 5) is 20.6. The predicted octanol–water partition coefficient (Wildman–Crippen LogP) is -1.16. The van der Waals surface area contributed by atoms with E-state index < -0.39 is 0 Å². The Morgan fingerprint density at radius 3 is 3.12 bits per heavy atom. The molecular formula is C10H16N4O2. The first-order chi connectivity index (χ1) is 7.72. The SMILES string of the molecule is CN(CCO)c1nc2c(c(=O)[nH]1)CNCC2. The molecule has 1 aliphatic heterocycles. The molecule has 0 spiro atoms. The molecule has 6 nitrogen and oxygen atoms in total. The lowest BCUT2D eigenvalue weighted by Crippen LogP contribution is -2.34. The van der Waals surface area contributed by atoms with Gasteiger partial charge in [0.05, 0.1) is 17.9 Å². The zero-order valence-electron chi connectivity index (χ0n) is 9.29. The fourth-order valence-corrected chi connectivity index (χ4v) is 1.78. The smallest absolute Gasteiger partial charge is 0.257 e. The Hall–Kier alpha value is -1.40. The van der Waals surface area contributed by atoms with Crippen LogP contribution in [-0.4, -0.2) is 41.8 Å². The highest BCUT2D eigenvalue weighted by atomic mass is 16.3. The van der Waals surface area contributed by atoms with Crippen molar-refractivity contribution in [3.8, 4) is 0 Å². The van der Waals surface area contributed by atoms with Crippen molar-refractivity contribution in [2.24, 2.45) is 0 Å². The van der Waals surface area contributed by atoms with Crippen molar-refractivity contribution in [1.82, 2.24) is 15.3 Å². The van der Waals surface area contributed by atoms with Crippen LogP contribution >= 0.6 is 0 Å². The number of rotatable bonds is 3. The van der Waals surface area contributed by atoms with Crippen molar-refractivity contribution in [3.05, 3.63) is 21.6 Å². The summed E-state index contributed by atoms with van der Waals surface area (Å²) in [5.74, 6) is 0.528. The number of hydrogen-bond donors (Lipinski definition) is 3. The number of nitrogens with one attached hydrogen (secondary N) is 2. The number of fused-ring (bicyclic) bond motifs is 1. The standard InChI is InChI=1S/C10H16N4O2/c1-14(4-5-15)10-12-8-2-3-11-6-7(8)9(16)13-10/h11,15H,2-6H2,1H3,(H,12,13,16). The summed E-state index contributed by atoms with van der Waals surface area (Å²) in [7, 11) is 1.79. The molecule has 0 saturated heterocycles. The summed E-state index contributed by atoms with van der Waals surface area (Å²) in [6, 6.07) is 0. The summed E-state index contributed by atoms with van der Waals surface area (Å²) in [6.45, 7) is 1.94. The molecule has 0 aromatic carbocycles. The second kappa shape index (κ2) is 4.63. The van der Waals surface area contributed by atoms with Gasteiger partial charge in [-0.1, -0.05) is 0 Å². The molecule has 1 aromatic heterocycles. The molecule has 2 heterocycles. The Balaban J connectivity index is 2.35. The molecule has 0 radical (unpaired) electrons. The van der Waals surface area contributed by atoms with Gasteiger partial charge in [-0.3, -0.25) is 9.78 Å². The molecule has 88 valence electrons. The first-order valence-electron chi connectivity index (χ1n) is 5.37. The maximum Gasteiger partial charge on any atom is 0.257 e. The Bertz CT molecular complexity index is 429. The number of H-pyrrole nitrogens is 1. The monoisotopic (exact) mass is 224 g/mol. The lowest BCUT2D eigenvalue weighted by molar-refractivity contribution is 0.303. The van der Waals surface area contributed by atoms with E-state index in [0.717, 1.165) is 24.2 Å². The van der Waals surface area contributed by atoms with Gasteiger partial charge < -0.3 is 15.3 Å². The number of likely N-dealkylation sites (N-methyl/N-ethyl adjacent to an activating group) is 1. The average molecular weight is 224 g/mol. The molecule has 0 unspecified atom stereocenters. The van der Waals surface area contributed by atoms with Gasteiger partial charge in [-0.05, 0) is 0 Å². The molecule has 0 amide bonds. The minimum Gasteiger partial charge on any atom is -0.395 e. The van der Waals surface area contributed by atoms with E-state index in [1.165, 1.54) is 0 Å². The first-order valence-corrected chi connectivity index (χ1v) is 5.37. The van der Waals surface area contributed by atoms with E-state index >= 15 is 0 Å². The summed E-state index contributed by atoms with van der Waals surface area (Å²) < 4.78 is 0. The van der Waals surface area contributed by atoms with Gasteiger partial charge in [-0.2, -0.15) is 0 Å². The Morgan fingerprint density at radius 1 is 1.56 bits per heavy atom. The average Bonchev–Trinajstić information content (AvgIpc) is 2.29. The van der Waals surface area contributed by atoms with Crippen LogP contribution in [0.15, 0.2) is 4.79 Å². The molecule has 2 rings (SSSR count). The number of aromatic amines is 1. The van der Waals surface area contributed by atoms with Crippen LogP contribution in [0.5, 0.6) is 0 Å². The highest BCUT2D eigenvalue weighted by Gasteiger charge is 2.16. The number of anilines is 1. The molecule has 1 aromatic rings. The molecule has 0 saturated carbocycles. The van der Waals surface area contributed by atoms with Crippen molar-refractivity contribution in [2.75, 3.05) is 31.6 Å². The molecule has 0 bridgehead atoms. The van der Waals surface area contributed by atoms with Crippen molar-refractivity contribution >= 4 is 5.95 Å². The minimum absolute atomic E-state index is 0.0405. The van der Waals surface area contributed by atoms with Crippen molar-refractivity contribution in [2.45, 2.75) is 13.0 Å². The molecule has 3 N–H and O–H groups in total. The Morgan fingerprint density at radius 2 is 2.38 bits per heavy atom. The van der Waals surface area contributed by atoms with E-state index in [1.807, 2.05) is 0 Å². The van der Waals surface area contributed by atoms with E-state index in [-0.39, 0.29) is 12.2 Å². The third kappa shape index (κ3) is 2.07. The van der Waals surface area contributed by atoms with Gasteiger partial charge in [0.25, 0.3) is 5.56 Å². The lowest BCUT2D eigenvalue weighted by Gasteiger charge is -2.20. The van der Waals surface area contributed by atoms with E-state index in [2.05, 4.69) is 15.3 Å². The number of hydrogen-bond acceptors (Lipinski definition) is 5. The fraction of sp³-hybridized carbons (Fsp3) is 0.600. The number of nitrogens with zero attached hydrogens (tertiary/aromatic N) is 2. The van der Waals surface area contributed by atoms with Crippen LogP contribution in [0.4, 0.5) is 5.95 Å². The van der Waals surface area contributed by atoms with Gasteiger partial charge in [0.1, 0.15) is 0 Å². The second-order valence-corrected chi connectivity index (χ2v) is 3.89. The van der Waals surface area contributed by atoms with Gasteiger partial charge in [-0.15, -0.1) is 0 Å². The fourth-order valence-electron chi connectivity index (χ4n) is 1.78. The maximum atomic E-state index is 11.8. The zero-order valence-corrected chi connectivity index (χ0v) is 9.29. The van der Waals surface area contributed by atoms with Crippen molar-refractivity contribution in [1.29, 1.82) is 0 Å². The molecule has 0 atom stereocenters. The van der Waals surface area contributed by atoms with Crippen LogP contribution in [0.25, 0.3) is 0 Å². The molecule has 1 aliphatic rings. The Labute approximate surface area is 93.3 Å². The van der Waals surface area contributed by atoms with Crippen LogP contribution in [0.1, 0.15) is 11.3 Å². The van der Waals surface area contributed by atoms with Crippen molar-refractivity contribution in [3.63, 3.8) is 0 Å². The lowest BCUT2D eigenvalue weighted by atomic mass is 10.1. The van der Waals surface area contributed by atoms with Gasteiger partial charge in [0, 0.05) is 33.1 Å². The normalized spacial score (nSPS) is 14.6. The third-order valence-electron chi connectivity index (χ3n) is 2.73. The zero-order chi connectivity index (χ0) is 11.5. The van der Waals surface area contributed by atoms with E-state index in [4.69, 9.17) is 5.11 Å². The minimum atomic E-state index is -0.0861. The number of aromatic nitrogens is 2. The Kier molecular flexibility index (Phi) is 3.21. The van der Waals surface area contributed by atoms with Gasteiger partial charge in [0.2, 0.25) is 5.95 Å². The van der Waals surface area contributed by atoms with Gasteiger partial charge >= 0.3 is 0 Å². The summed E-state index contributed by atoms with van der Waals surface area (Å²) >= 11 is 0. The maximum absolute atomic E-state index is 11.8. The van der Waals surface area contributed by atoms with Gasteiger partial charge in [0.15, 0.2) is 0 Å². The quantitative estimate of drug-likeness (QED) is 0.603. The molecule has 0 aliphatic carbocycles. The molecule has 6 heteroatoms.